The molecule has 1 aromatic carbocycles. The molecule has 0 aliphatic rings. The van der Waals surface area contributed by atoms with E-state index < -0.39 is 0 Å². The Kier molecular flexibility index (Phi) is 3.27. The van der Waals surface area contributed by atoms with Crippen molar-refractivity contribution >= 4 is 34.7 Å². The maximum atomic E-state index is 5.89. The smallest absolute Gasteiger partial charge is 0.133 e. The van der Waals surface area contributed by atoms with E-state index in [-0.39, 0.29) is 0 Å². The Balaban J connectivity index is 2.27. The van der Waals surface area contributed by atoms with Crippen molar-refractivity contribution in [1.29, 1.82) is 0 Å². The Morgan fingerprint density at radius 1 is 1.00 bits per heavy atom. The molecule has 16 heavy (non-hydrogen) atoms. The van der Waals surface area contributed by atoms with E-state index in [1.165, 1.54) is 6.33 Å². The number of anilines is 2. The van der Waals surface area contributed by atoms with E-state index in [0.717, 1.165) is 11.4 Å². The van der Waals surface area contributed by atoms with E-state index in [2.05, 4.69) is 15.3 Å². The molecule has 1 heterocycles. The summed E-state index contributed by atoms with van der Waals surface area (Å²) in [5.74, 6) is 0.714. The van der Waals surface area contributed by atoms with Gasteiger partial charge < -0.3 is 5.32 Å². The number of aryl methyl sites for hydroxylation is 1. The minimum absolute atomic E-state index is 0.584. The number of halogens is 2. The minimum Gasteiger partial charge on any atom is -0.340 e. The van der Waals surface area contributed by atoms with Crippen molar-refractivity contribution < 1.29 is 0 Å². The topological polar surface area (TPSA) is 37.8 Å². The fourth-order valence-electron chi connectivity index (χ4n) is 1.30. The Morgan fingerprint density at radius 3 is 2.31 bits per heavy atom. The molecule has 1 N–H and O–H groups in total. The van der Waals surface area contributed by atoms with Crippen LogP contribution < -0.4 is 5.32 Å². The lowest BCUT2D eigenvalue weighted by Gasteiger charge is -2.06. The monoisotopic (exact) mass is 253 g/mol. The highest BCUT2D eigenvalue weighted by molar-refractivity contribution is 6.35. The quantitative estimate of drug-likeness (QED) is 0.884. The molecule has 5 heteroatoms. The van der Waals surface area contributed by atoms with Crippen LogP contribution in [0.1, 0.15) is 5.69 Å². The third-order valence-electron chi connectivity index (χ3n) is 1.94. The largest absolute Gasteiger partial charge is 0.340 e. The molecule has 2 rings (SSSR count). The van der Waals surface area contributed by atoms with Crippen LogP contribution in [0.3, 0.4) is 0 Å². The first-order valence-corrected chi connectivity index (χ1v) is 5.41. The van der Waals surface area contributed by atoms with Crippen LogP contribution >= 0.6 is 23.2 Å². The second-order valence-electron chi connectivity index (χ2n) is 3.33. The van der Waals surface area contributed by atoms with E-state index in [1.54, 1.807) is 18.2 Å². The van der Waals surface area contributed by atoms with Gasteiger partial charge in [-0.2, -0.15) is 0 Å². The maximum absolute atomic E-state index is 5.89. The highest BCUT2D eigenvalue weighted by Crippen LogP contribution is 2.24. The molecule has 1 aromatic heterocycles. The van der Waals surface area contributed by atoms with Crippen molar-refractivity contribution in [1.82, 2.24) is 9.97 Å². The molecule has 0 fully saturated rings. The van der Waals surface area contributed by atoms with Crippen molar-refractivity contribution in [3.8, 4) is 0 Å². The minimum atomic E-state index is 0.584. The van der Waals surface area contributed by atoms with Crippen LogP contribution in [-0.4, -0.2) is 9.97 Å². The van der Waals surface area contributed by atoms with E-state index in [1.807, 2.05) is 13.0 Å². The van der Waals surface area contributed by atoms with E-state index in [0.29, 0.717) is 15.9 Å². The molecule has 0 unspecified atom stereocenters. The normalized spacial score (nSPS) is 10.2. The summed E-state index contributed by atoms with van der Waals surface area (Å²) in [5, 5.41) is 4.27. The van der Waals surface area contributed by atoms with Gasteiger partial charge >= 0.3 is 0 Å². The van der Waals surface area contributed by atoms with Crippen LogP contribution in [0.5, 0.6) is 0 Å². The molecule has 2 aromatic rings. The first-order chi connectivity index (χ1) is 7.63. The lowest BCUT2D eigenvalue weighted by molar-refractivity contribution is 1.10. The molecule has 0 radical (unpaired) electrons. The van der Waals surface area contributed by atoms with Gasteiger partial charge in [0.1, 0.15) is 12.1 Å². The lowest BCUT2D eigenvalue weighted by atomic mass is 10.3. The molecule has 0 bridgehead atoms. The van der Waals surface area contributed by atoms with E-state index in [4.69, 9.17) is 23.2 Å². The number of aromatic nitrogens is 2. The fourth-order valence-corrected chi connectivity index (χ4v) is 1.82. The van der Waals surface area contributed by atoms with Gasteiger partial charge in [-0.3, -0.25) is 0 Å². The molecular formula is C11H9Cl2N3. The average molecular weight is 254 g/mol. The van der Waals surface area contributed by atoms with Crippen LogP contribution in [0.25, 0.3) is 0 Å². The summed E-state index contributed by atoms with van der Waals surface area (Å²) in [5.41, 5.74) is 1.70. The first kappa shape index (κ1) is 11.2. The molecule has 3 nitrogen and oxygen atoms in total. The summed E-state index contributed by atoms with van der Waals surface area (Å²) in [4.78, 5) is 8.10. The maximum Gasteiger partial charge on any atom is 0.133 e. The SMILES string of the molecule is Cc1cc(Nc2cc(Cl)cc(Cl)c2)ncn1. The Bertz CT molecular complexity index is 494. The summed E-state index contributed by atoms with van der Waals surface area (Å²) in [6.07, 6.45) is 1.50. The van der Waals surface area contributed by atoms with Crippen molar-refractivity contribution in [2.45, 2.75) is 6.92 Å². The number of hydrogen-bond acceptors (Lipinski definition) is 3. The molecular weight excluding hydrogens is 245 g/mol. The van der Waals surface area contributed by atoms with Gasteiger partial charge in [-0.05, 0) is 25.1 Å². The second-order valence-corrected chi connectivity index (χ2v) is 4.20. The van der Waals surface area contributed by atoms with Gasteiger partial charge in [-0.15, -0.1) is 0 Å². The van der Waals surface area contributed by atoms with Crippen molar-refractivity contribution in [3.05, 3.63) is 46.3 Å². The second kappa shape index (κ2) is 4.68. The van der Waals surface area contributed by atoms with Gasteiger partial charge in [0, 0.05) is 27.5 Å². The highest BCUT2D eigenvalue weighted by atomic mass is 35.5. The highest BCUT2D eigenvalue weighted by Gasteiger charge is 2.00. The van der Waals surface area contributed by atoms with Crippen LogP contribution in [0, 0.1) is 6.92 Å². The standard InChI is InChI=1S/C11H9Cl2N3/c1-7-2-11(15-6-14-7)16-10-4-8(12)3-9(13)5-10/h2-6H,1H3,(H,14,15,16). The van der Waals surface area contributed by atoms with Crippen molar-refractivity contribution in [2.75, 3.05) is 5.32 Å². The molecule has 0 spiro atoms. The summed E-state index contributed by atoms with van der Waals surface area (Å²) in [7, 11) is 0. The van der Waals surface area contributed by atoms with Crippen molar-refractivity contribution in [3.63, 3.8) is 0 Å². The zero-order valence-electron chi connectivity index (χ0n) is 8.54. The summed E-state index contributed by atoms with van der Waals surface area (Å²) >= 11 is 11.8. The number of nitrogens with zero attached hydrogens (tertiary/aromatic N) is 2. The number of hydrogen-bond donors (Lipinski definition) is 1. The predicted octanol–water partition coefficient (Wildman–Crippen LogP) is 3.84. The Hall–Kier alpha value is -1.32. The van der Waals surface area contributed by atoms with Gasteiger partial charge in [0.2, 0.25) is 0 Å². The fraction of sp³-hybridized carbons (Fsp3) is 0.0909. The number of nitrogens with one attached hydrogen (secondary N) is 1. The van der Waals surface area contributed by atoms with E-state index in [9.17, 15) is 0 Å². The van der Waals surface area contributed by atoms with Gasteiger partial charge in [0.15, 0.2) is 0 Å². The molecule has 82 valence electrons. The third-order valence-corrected chi connectivity index (χ3v) is 2.38. The predicted molar refractivity (Wildman–Crippen MR) is 66.5 cm³/mol. The van der Waals surface area contributed by atoms with Crippen LogP contribution in [-0.2, 0) is 0 Å². The van der Waals surface area contributed by atoms with Crippen LogP contribution in [0.4, 0.5) is 11.5 Å². The van der Waals surface area contributed by atoms with Gasteiger partial charge in [0.25, 0.3) is 0 Å². The van der Waals surface area contributed by atoms with Crippen LogP contribution in [0.2, 0.25) is 10.0 Å². The molecule has 0 amide bonds. The van der Waals surface area contributed by atoms with Crippen molar-refractivity contribution in [2.24, 2.45) is 0 Å². The number of benzene rings is 1. The summed E-state index contributed by atoms with van der Waals surface area (Å²) in [6, 6.07) is 7.09. The zero-order chi connectivity index (χ0) is 11.5. The Morgan fingerprint density at radius 2 is 1.69 bits per heavy atom. The van der Waals surface area contributed by atoms with Gasteiger partial charge in [0.05, 0.1) is 0 Å². The number of rotatable bonds is 2. The van der Waals surface area contributed by atoms with Gasteiger partial charge in [-0.1, -0.05) is 23.2 Å². The molecule has 0 aliphatic heterocycles. The van der Waals surface area contributed by atoms with E-state index >= 15 is 0 Å². The lowest BCUT2D eigenvalue weighted by Crippen LogP contribution is -1.95. The molecule has 0 atom stereocenters. The zero-order valence-corrected chi connectivity index (χ0v) is 10.0. The summed E-state index contributed by atoms with van der Waals surface area (Å²) in [6.45, 7) is 1.90. The summed E-state index contributed by atoms with van der Waals surface area (Å²) < 4.78 is 0. The van der Waals surface area contributed by atoms with Gasteiger partial charge in [-0.25, -0.2) is 9.97 Å². The molecule has 0 saturated heterocycles. The molecule has 0 aliphatic carbocycles. The average Bonchev–Trinajstić information content (AvgIpc) is 2.15. The molecule has 0 saturated carbocycles. The third kappa shape index (κ3) is 2.84. The first-order valence-electron chi connectivity index (χ1n) is 4.65. The van der Waals surface area contributed by atoms with Crippen LogP contribution in [0.15, 0.2) is 30.6 Å². The Labute approximate surface area is 103 Å².